The minimum absolute atomic E-state index is 0.0113. The fourth-order valence-electron chi connectivity index (χ4n) is 4.71. The molecule has 3 heterocycles. The van der Waals surface area contributed by atoms with Crippen LogP contribution in [0, 0.1) is 13.8 Å². The minimum atomic E-state index is 0.0113. The summed E-state index contributed by atoms with van der Waals surface area (Å²) in [6.45, 7) is 9.84. The van der Waals surface area contributed by atoms with E-state index in [1.165, 1.54) is 29.9 Å². The summed E-state index contributed by atoms with van der Waals surface area (Å²) in [5.74, 6) is 2.37. The third kappa shape index (κ3) is 4.88. The lowest BCUT2D eigenvalue weighted by atomic mass is 10.1. The number of thiophene rings is 1. The number of amides is 1. The molecule has 34 heavy (non-hydrogen) atoms. The second-order valence-electron chi connectivity index (χ2n) is 9.31. The molecule has 2 aromatic heterocycles. The van der Waals surface area contributed by atoms with E-state index in [9.17, 15) is 4.79 Å². The molecule has 2 fully saturated rings. The van der Waals surface area contributed by atoms with Gasteiger partial charge < -0.3 is 15.0 Å². The maximum absolute atomic E-state index is 12.9. The molecule has 180 valence electrons. The number of nitrogens with zero attached hydrogens (tertiary/aromatic N) is 4. The van der Waals surface area contributed by atoms with Crippen LogP contribution in [-0.4, -0.2) is 67.2 Å². The predicted molar refractivity (Wildman–Crippen MR) is 137 cm³/mol. The molecule has 8 heteroatoms. The molecular weight excluding hydrogens is 446 g/mol. The van der Waals surface area contributed by atoms with Gasteiger partial charge in [0, 0.05) is 49.7 Å². The molecule has 1 aliphatic carbocycles. The van der Waals surface area contributed by atoms with Gasteiger partial charge in [-0.1, -0.05) is 0 Å². The normalized spacial score (nSPS) is 16.7. The molecule has 0 spiro atoms. The Kier molecular flexibility index (Phi) is 6.70. The predicted octanol–water partition coefficient (Wildman–Crippen LogP) is 4.14. The molecule has 2 aliphatic rings. The second-order valence-corrected chi connectivity index (χ2v) is 10.3. The summed E-state index contributed by atoms with van der Waals surface area (Å²) in [7, 11) is 1.69. The zero-order valence-electron chi connectivity index (χ0n) is 20.3. The first-order chi connectivity index (χ1) is 16.5. The summed E-state index contributed by atoms with van der Waals surface area (Å²) in [6.07, 6.45) is 3.31. The summed E-state index contributed by atoms with van der Waals surface area (Å²) in [5, 5.41) is 4.18. The second kappa shape index (κ2) is 9.88. The number of nitrogens with one attached hydrogen (secondary N) is 1. The standard InChI is InChI=1S/C26H33N5O2S/c1-17-22-18(2)28-24(19-5-6-19)29-26(22)34-23(17)25(32)27-11-4-12-30-13-15-31(16-14-30)20-7-9-21(33-3)10-8-20/h7-10,19H,4-6,11-16H2,1-3H3,(H,27,32). The van der Waals surface area contributed by atoms with Crippen LogP contribution in [0.1, 0.15) is 51.9 Å². The van der Waals surface area contributed by atoms with Crippen LogP contribution in [0.3, 0.4) is 0 Å². The molecule has 1 aromatic carbocycles. The van der Waals surface area contributed by atoms with E-state index in [-0.39, 0.29) is 5.91 Å². The van der Waals surface area contributed by atoms with Crippen LogP contribution in [-0.2, 0) is 0 Å². The largest absolute Gasteiger partial charge is 0.497 e. The number of carbonyl (C=O) groups is 1. The fourth-order valence-corrected chi connectivity index (χ4v) is 5.86. The molecule has 0 radical (unpaired) electrons. The van der Waals surface area contributed by atoms with E-state index in [1.807, 2.05) is 26.0 Å². The van der Waals surface area contributed by atoms with Gasteiger partial charge in [-0.05, 0) is 69.5 Å². The number of ether oxygens (including phenoxy) is 1. The highest BCUT2D eigenvalue weighted by Gasteiger charge is 2.28. The third-order valence-electron chi connectivity index (χ3n) is 6.88. The molecule has 1 aliphatic heterocycles. The van der Waals surface area contributed by atoms with Crippen LogP contribution in [0.4, 0.5) is 5.69 Å². The molecule has 1 amide bonds. The Labute approximate surface area is 205 Å². The van der Waals surface area contributed by atoms with E-state index in [0.29, 0.717) is 12.5 Å². The van der Waals surface area contributed by atoms with Crippen molar-refractivity contribution >= 4 is 33.1 Å². The number of aromatic nitrogens is 2. The highest BCUT2D eigenvalue weighted by molar-refractivity contribution is 7.20. The van der Waals surface area contributed by atoms with Gasteiger partial charge in [0.05, 0.1) is 17.7 Å². The van der Waals surface area contributed by atoms with Gasteiger partial charge in [-0.3, -0.25) is 9.69 Å². The van der Waals surface area contributed by atoms with Crippen molar-refractivity contribution in [1.29, 1.82) is 0 Å². The number of hydrogen-bond acceptors (Lipinski definition) is 7. The van der Waals surface area contributed by atoms with Crippen molar-refractivity contribution in [2.45, 2.75) is 39.0 Å². The SMILES string of the molecule is COc1ccc(N2CCN(CCCNC(=O)c3sc4nc(C5CC5)nc(C)c4c3C)CC2)cc1. The van der Waals surface area contributed by atoms with Gasteiger partial charge in [-0.15, -0.1) is 11.3 Å². The Bertz CT molecular complexity index is 1160. The van der Waals surface area contributed by atoms with Gasteiger partial charge in [0.15, 0.2) is 0 Å². The van der Waals surface area contributed by atoms with Crippen molar-refractivity contribution in [3.63, 3.8) is 0 Å². The highest BCUT2D eigenvalue weighted by atomic mass is 32.1. The van der Waals surface area contributed by atoms with Crippen molar-refractivity contribution < 1.29 is 9.53 Å². The van der Waals surface area contributed by atoms with Gasteiger partial charge >= 0.3 is 0 Å². The summed E-state index contributed by atoms with van der Waals surface area (Å²) in [5.41, 5.74) is 3.25. The van der Waals surface area contributed by atoms with Crippen molar-refractivity contribution in [3.8, 4) is 5.75 Å². The first-order valence-corrected chi connectivity index (χ1v) is 13.0. The Hall–Kier alpha value is -2.71. The number of piperazine rings is 1. The number of hydrogen-bond donors (Lipinski definition) is 1. The number of aryl methyl sites for hydroxylation is 2. The number of anilines is 1. The van der Waals surface area contributed by atoms with Crippen molar-refractivity contribution in [2.24, 2.45) is 0 Å². The molecule has 1 saturated heterocycles. The van der Waals surface area contributed by atoms with E-state index >= 15 is 0 Å². The summed E-state index contributed by atoms with van der Waals surface area (Å²) in [4.78, 5) is 29.0. The van der Waals surface area contributed by atoms with Gasteiger partial charge in [-0.2, -0.15) is 0 Å². The Morgan fingerprint density at radius 2 is 1.85 bits per heavy atom. The third-order valence-corrected chi connectivity index (χ3v) is 8.07. The lowest BCUT2D eigenvalue weighted by Crippen LogP contribution is -2.47. The maximum atomic E-state index is 12.9. The maximum Gasteiger partial charge on any atom is 0.261 e. The highest BCUT2D eigenvalue weighted by Crippen LogP contribution is 2.40. The van der Waals surface area contributed by atoms with Crippen molar-refractivity contribution in [1.82, 2.24) is 20.2 Å². The Balaban J connectivity index is 1.09. The zero-order chi connectivity index (χ0) is 23.7. The van der Waals surface area contributed by atoms with Crippen LogP contribution in [0.2, 0.25) is 0 Å². The van der Waals surface area contributed by atoms with E-state index in [0.717, 1.165) is 77.1 Å². The van der Waals surface area contributed by atoms with Crippen LogP contribution < -0.4 is 15.0 Å². The van der Waals surface area contributed by atoms with Gasteiger partial charge in [-0.25, -0.2) is 9.97 Å². The quantitative estimate of drug-likeness (QED) is 0.490. The van der Waals surface area contributed by atoms with E-state index < -0.39 is 0 Å². The molecule has 7 nitrogen and oxygen atoms in total. The molecular formula is C26H33N5O2S. The molecule has 5 rings (SSSR count). The van der Waals surface area contributed by atoms with Crippen LogP contribution in [0.25, 0.3) is 10.2 Å². The van der Waals surface area contributed by atoms with Crippen molar-refractivity contribution in [2.75, 3.05) is 51.3 Å². The average molecular weight is 480 g/mol. The van der Waals surface area contributed by atoms with E-state index in [2.05, 4.69) is 27.2 Å². The van der Waals surface area contributed by atoms with E-state index in [4.69, 9.17) is 14.7 Å². The molecule has 0 bridgehead atoms. The van der Waals surface area contributed by atoms with Gasteiger partial charge in [0.2, 0.25) is 0 Å². The van der Waals surface area contributed by atoms with Gasteiger partial charge in [0.1, 0.15) is 16.4 Å². The lowest BCUT2D eigenvalue weighted by molar-refractivity contribution is 0.0955. The number of benzene rings is 1. The van der Waals surface area contributed by atoms with Crippen LogP contribution >= 0.6 is 11.3 Å². The van der Waals surface area contributed by atoms with Crippen LogP contribution in [0.15, 0.2) is 24.3 Å². The smallest absolute Gasteiger partial charge is 0.261 e. The summed E-state index contributed by atoms with van der Waals surface area (Å²) < 4.78 is 5.25. The summed E-state index contributed by atoms with van der Waals surface area (Å²) in [6, 6.07) is 8.28. The first-order valence-electron chi connectivity index (χ1n) is 12.2. The number of fused-ring (bicyclic) bond motifs is 1. The zero-order valence-corrected chi connectivity index (χ0v) is 21.1. The monoisotopic (exact) mass is 479 g/mol. The molecule has 3 aromatic rings. The van der Waals surface area contributed by atoms with Crippen LogP contribution in [0.5, 0.6) is 5.75 Å². The Morgan fingerprint density at radius 3 is 2.53 bits per heavy atom. The Morgan fingerprint density at radius 1 is 1.12 bits per heavy atom. The number of carbonyl (C=O) groups excluding carboxylic acids is 1. The summed E-state index contributed by atoms with van der Waals surface area (Å²) >= 11 is 1.51. The number of methoxy groups -OCH3 is 1. The average Bonchev–Trinajstić information content (AvgIpc) is 3.65. The first kappa shape index (κ1) is 23.1. The molecule has 0 atom stereocenters. The molecule has 1 N–H and O–H groups in total. The van der Waals surface area contributed by atoms with E-state index in [1.54, 1.807) is 7.11 Å². The van der Waals surface area contributed by atoms with Gasteiger partial charge in [0.25, 0.3) is 5.91 Å². The number of rotatable bonds is 8. The fraction of sp³-hybridized carbons (Fsp3) is 0.500. The lowest BCUT2D eigenvalue weighted by Gasteiger charge is -2.36. The van der Waals surface area contributed by atoms with Crippen molar-refractivity contribution in [3.05, 3.63) is 46.2 Å². The molecule has 0 unspecified atom stereocenters. The molecule has 1 saturated carbocycles. The minimum Gasteiger partial charge on any atom is -0.497 e. The topological polar surface area (TPSA) is 70.6 Å².